The maximum Gasteiger partial charge on any atom is 0.252 e. The van der Waals surface area contributed by atoms with E-state index in [2.05, 4.69) is 238 Å². The molecule has 352 valence electrons. The van der Waals surface area contributed by atoms with Crippen molar-refractivity contribution in [2.24, 2.45) is 0 Å². The van der Waals surface area contributed by atoms with Gasteiger partial charge in [-0.1, -0.05) is 172 Å². The van der Waals surface area contributed by atoms with Crippen LogP contribution in [0.5, 0.6) is 0 Å². The summed E-state index contributed by atoms with van der Waals surface area (Å²) in [6.45, 7) is 45.6. The van der Waals surface area contributed by atoms with Crippen LogP contribution in [0.4, 0.5) is 34.1 Å². The molecule has 0 bridgehead atoms. The molecule has 6 aromatic rings. The van der Waals surface area contributed by atoms with Gasteiger partial charge in [0.1, 0.15) is 0 Å². The predicted molar refractivity (Wildman–Crippen MR) is 297 cm³/mol. The molecule has 4 aliphatic rings. The van der Waals surface area contributed by atoms with Gasteiger partial charge in [-0.15, -0.1) is 0 Å². The number of benzene rings is 6. The molecule has 10 rings (SSSR count). The Hall–Kier alpha value is -5.02. The molecule has 0 N–H and O–H groups in total. The second-order valence-corrected chi connectivity index (χ2v) is 27.5. The third-order valence-electron chi connectivity index (χ3n) is 17.1. The molecular weight excluding hydrogens is 820 g/mol. The number of rotatable bonds is 3. The van der Waals surface area contributed by atoms with Gasteiger partial charge in [0.25, 0.3) is 6.71 Å². The topological polar surface area (TPSA) is 6.48 Å². The van der Waals surface area contributed by atoms with Crippen molar-refractivity contribution in [3.05, 3.63) is 147 Å². The van der Waals surface area contributed by atoms with Gasteiger partial charge in [-0.2, -0.15) is 0 Å². The van der Waals surface area contributed by atoms with Crippen LogP contribution >= 0.6 is 0 Å². The van der Waals surface area contributed by atoms with E-state index in [1.165, 1.54) is 125 Å². The summed E-state index contributed by atoms with van der Waals surface area (Å²) in [4.78, 5) is 5.39. The minimum Gasteiger partial charge on any atom is -0.311 e. The Bertz CT molecular complexity index is 3080. The van der Waals surface area contributed by atoms with Crippen LogP contribution in [-0.2, 0) is 37.9 Å². The number of nitrogens with zero attached hydrogens (tertiary/aromatic N) is 2. The maximum absolute atomic E-state index is 2.72. The normalized spacial score (nSPS) is 18.4. The van der Waals surface area contributed by atoms with Crippen LogP contribution in [0.1, 0.15) is 187 Å². The average Bonchev–Trinajstić information content (AvgIpc) is 3.42. The summed E-state index contributed by atoms with van der Waals surface area (Å²) in [6.07, 6.45) is 3.51. The maximum atomic E-state index is 2.72. The van der Waals surface area contributed by atoms with Gasteiger partial charge in [0.2, 0.25) is 0 Å². The Kier molecular flexibility index (Phi) is 10.1. The van der Waals surface area contributed by atoms with Crippen LogP contribution in [0.2, 0.25) is 0 Å². The van der Waals surface area contributed by atoms with Crippen LogP contribution in [0.25, 0.3) is 11.1 Å². The molecule has 2 nitrogen and oxygen atoms in total. The summed E-state index contributed by atoms with van der Waals surface area (Å²) in [5.41, 5.74) is 27.4. The molecule has 3 heteroatoms. The van der Waals surface area contributed by atoms with Gasteiger partial charge in [0.15, 0.2) is 0 Å². The molecule has 0 saturated carbocycles. The molecule has 68 heavy (non-hydrogen) atoms. The number of aryl methyl sites for hydroxylation is 2. The Balaban J connectivity index is 1.34. The molecule has 0 saturated heterocycles. The Morgan fingerprint density at radius 3 is 1.50 bits per heavy atom. The first-order chi connectivity index (χ1) is 31.4. The fourth-order valence-corrected chi connectivity index (χ4v) is 13.1. The second kappa shape index (κ2) is 14.8. The standard InChI is InChI=1S/C65H79BN2/c1-39-30-56-58-57(31-39)68(53-34-43(60(6,7)8)22-20-40(53)2)54-35-44(61(9,10)11)23-26-50(54)66(58)51-36-48-49(65(18,19)38-64(48,16)17)37-55(51)67(56)52-27-24-42(59(3,4)5)33-45(52)41-21-25-46-47(32-41)63(14,15)29-28-62(46,12)13/h20-27,30-37H,28-29,38H2,1-19H3. The van der Waals surface area contributed by atoms with Gasteiger partial charge >= 0.3 is 0 Å². The molecule has 2 heterocycles. The van der Waals surface area contributed by atoms with Crippen molar-refractivity contribution < 1.29 is 0 Å². The first-order valence-electron chi connectivity index (χ1n) is 25.9. The first kappa shape index (κ1) is 46.7. The smallest absolute Gasteiger partial charge is 0.252 e. The molecular formula is C65H79BN2. The predicted octanol–water partition coefficient (Wildman–Crippen LogP) is 16.3. The van der Waals surface area contributed by atoms with Crippen molar-refractivity contribution in [1.29, 1.82) is 0 Å². The number of hydrogen-bond acceptors (Lipinski definition) is 2. The van der Waals surface area contributed by atoms with E-state index < -0.39 is 0 Å². The van der Waals surface area contributed by atoms with E-state index in [1.54, 1.807) is 0 Å². The quantitative estimate of drug-likeness (QED) is 0.163. The monoisotopic (exact) mass is 899 g/mol. The van der Waals surface area contributed by atoms with Crippen LogP contribution in [-0.4, -0.2) is 6.71 Å². The van der Waals surface area contributed by atoms with Crippen molar-refractivity contribution in [3.63, 3.8) is 0 Å². The van der Waals surface area contributed by atoms with E-state index in [4.69, 9.17) is 0 Å². The molecule has 2 aliphatic heterocycles. The van der Waals surface area contributed by atoms with Gasteiger partial charge in [0.05, 0.1) is 5.69 Å². The molecule has 0 radical (unpaired) electrons. The zero-order chi connectivity index (χ0) is 49.2. The summed E-state index contributed by atoms with van der Waals surface area (Å²) in [5, 5.41) is 0. The average molecular weight is 899 g/mol. The van der Waals surface area contributed by atoms with E-state index in [9.17, 15) is 0 Å². The fraction of sp³-hybridized carbons (Fsp3) is 0.446. The van der Waals surface area contributed by atoms with Crippen LogP contribution in [0, 0.1) is 13.8 Å². The highest BCUT2D eigenvalue weighted by Crippen LogP contribution is 2.55. The summed E-state index contributed by atoms with van der Waals surface area (Å²) >= 11 is 0. The molecule has 0 fully saturated rings. The molecule has 0 amide bonds. The zero-order valence-electron chi connectivity index (χ0n) is 45.3. The Labute approximate surface area is 412 Å². The highest BCUT2D eigenvalue weighted by molar-refractivity contribution is 7.00. The van der Waals surface area contributed by atoms with E-state index in [1.807, 2.05) is 0 Å². The van der Waals surface area contributed by atoms with Gasteiger partial charge in [-0.05, 0) is 186 Å². The van der Waals surface area contributed by atoms with Crippen molar-refractivity contribution >= 4 is 57.2 Å². The third kappa shape index (κ3) is 7.25. The lowest BCUT2D eigenvalue weighted by Crippen LogP contribution is -2.61. The van der Waals surface area contributed by atoms with Crippen LogP contribution in [0.15, 0.2) is 97.1 Å². The van der Waals surface area contributed by atoms with Crippen molar-refractivity contribution in [3.8, 4) is 11.1 Å². The lowest BCUT2D eigenvalue weighted by molar-refractivity contribution is 0.332. The fourth-order valence-electron chi connectivity index (χ4n) is 13.1. The minimum atomic E-state index is -0.0256. The van der Waals surface area contributed by atoms with E-state index >= 15 is 0 Å². The largest absolute Gasteiger partial charge is 0.311 e. The molecule has 0 aromatic heterocycles. The first-order valence-corrected chi connectivity index (χ1v) is 25.9. The van der Waals surface area contributed by atoms with Gasteiger partial charge in [-0.3, -0.25) is 0 Å². The molecule has 6 aromatic carbocycles. The van der Waals surface area contributed by atoms with E-state index in [0.717, 1.165) is 6.42 Å². The molecule has 0 atom stereocenters. The summed E-state index contributed by atoms with van der Waals surface area (Å²) in [6, 6.07) is 40.0. The Morgan fingerprint density at radius 1 is 0.412 bits per heavy atom. The van der Waals surface area contributed by atoms with Crippen LogP contribution in [0.3, 0.4) is 0 Å². The van der Waals surface area contributed by atoms with Gasteiger partial charge in [0, 0.05) is 34.0 Å². The lowest BCUT2D eigenvalue weighted by atomic mass is 9.33. The van der Waals surface area contributed by atoms with Crippen molar-refractivity contribution in [2.45, 2.75) is 189 Å². The Morgan fingerprint density at radius 2 is 0.897 bits per heavy atom. The van der Waals surface area contributed by atoms with Gasteiger partial charge < -0.3 is 9.80 Å². The SMILES string of the molecule is Cc1cc2c3c(c1)N(c1ccc(C(C)(C)C)cc1-c1ccc4c(c1)C(C)(C)CCC4(C)C)c1cc4c(cc1B3c1ccc(C(C)(C)C)cc1N2c1cc(C(C)(C)C)ccc1C)C(C)(C)CC4(C)C. The van der Waals surface area contributed by atoms with Crippen molar-refractivity contribution in [2.75, 3.05) is 9.80 Å². The lowest BCUT2D eigenvalue weighted by Gasteiger charge is -2.46. The van der Waals surface area contributed by atoms with Gasteiger partial charge in [-0.25, -0.2) is 0 Å². The minimum absolute atomic E-state index is 0.00312. The molecule has 0 spiro atoms. The number of anilines is 6. The van der Waals surface area contributed by atoms with Crippen molar-refractivity contribution in [1.82, 2.24) is 0 Å². The van der Waals surface area contributed by atoms with E-state index in [0.29, 0.717) is 0 Å². The number of fused-ring (bicyclic) bond motifs is 6. The highest BCUT2D eigenvalue weighted by Gasteiger charge is 2.49. The summed E-state index contributed by atoms with van der Waals surface area (Å²) in [7, 11) is 0. The molecule has 0 unspecified atom stereocenters. The summed E-state index contributed by atoms with van der Waals surface area (Å²) in [5.74, 6) is 0. The molecule has 2 aliphatic carbocycles. The zero-order valence-corrected chi connectivity index (χ0v) is 45.3. The second-order valence-electron chi connectivity index (χ2n) is 27.5. The number of hydrogen-bond donors (Lipinski definition) is 0. The van der Waals surface area contributed by atoms with E-state index in [-0.39, 0.29) is 44.6 Å². The third-order valence-corrected chi connectivity index (χ3v) is 17.1. The van der Waals surface area contributed by atoms with Crippen LogP contribution < -0.4 is 26.2 Å². The highest BCUT2D eigenvalue weighted by atomic mass is 15.2. The summed E-state index contributed by atoms with van der Waals surface area (Å²) < 4.78 is 0.